The molecule has 2 aromatic carbocycles. The summed E-state index contributed by atoms with van der Waals surface area (Å²) < 4.78 is 70.6. The molecule has 8 heteroatoms. The minimum absolute atomic E-state index is 0.0278. The second-order valence-corrected chi connectivity index (χ2v) is 17.3. The molecule has 0 aliphatic rings. The van der Waals surface area contributed by atoms with Crippen molar-refractivity contribution in [3.05, 3.63) is 57.6 Å². The minimum atomic E-state index is -5.54. The fraction of sp³-hybridized carbons (Fsp3) is 0.571. The third kappa shape index (κ3) is 6.67. The number of sulfonamides is 1. The SMILES string of the molecule is CCc1cc(CC)c([Te+](NS(=O)(=O)C(F)(F)F)c2c(C(C)C)cc(C(C)C)cc2C(C)C)c(CC)c1. The van der Waals surface area contributed by atoms with E-state index in [0.717, 1.165) is 47.0 Å². The fourth-order valence-electron chi connectivity index (χ4n) is 4.29. The first kappa shape index (κ1) is 31.1. The van der Waals surface area contributed by atoms with E-state index in [1.165, 1.54) is 0 Å². The van der Waals surface area contributed by atoms with Gasteiger partial charge < -0.3 is 0 Å². The monoisotopic (exact) mass is 642 g/mol. The van der Waals surface area contributed by atoms with Gasteiger partial charge in [-0.2, -0.15) is 0 Å². The predicted molar refractivity (Wildman–Crippen MR) is 146 cm³/mol. The average molecular weight is 640 g/mol. The maximum absolute atomic E-state index is 13.8. The van der Waals surface area contributed by atoms with Gasteiger partial charge in [-0.1, -0.05) is 0 Å². The van der Waals surface area contributed by atoms with Crippen LogP contribution in [0.3, 0.4) is 0 Å². The van der Waals surface area contributed by atoms with Crippen molar-refractivity contribution in [3.63, 3.8) is 0 Å². The first-order valence-electron chi connectivity index (χ1n) is 12.7. The molecule has 36 heavy (non-hydrogen) atoms. The molecule has 2 rings (SSSR count). The second kappa shape index (κ2) is 12.2. The third-order valence-electron chi connectivity index (χ3n) is 6.46. The molecular weight excluding hydrogens is 599 g/mol. The Morgan fingerprint density at radius 1 is 0.750 bits per heavy atom. The molecule has 0 bridgehead atoms. The summed E-state index contributed by atoms with van der Waals surface area (Å²) in [6.45, 7) is 18.3. The molecule has 0 unspecified atom stereocenters. The first-order valence-corrected chi connectivity index (χ1v) is 17.7. The van der Waals surface area contributed by atoms with E-state index >= 15 is 0 Å². The van der Waals surface area contributed by atoms with Crippen LogP contribution in [0.15, 0.2) is 24.3 Å². The fourth-order valence-corrected chi connectivity index (χ4v) is 15.1. The Kier molecular flexibility index (Phi) is 10.6. The van der Waals surface area contributed by atoms with Gasteiger partial charge in [0.05, 0.1) is 0 Å². The van der Waals surface area contributed by atoms with E-state index in [1.54, 1.807) is 0 Å². The van der Waals surface area contributed by atoms with Crippen molar-refractivity contribution in [1.29, 1.82) is 0 Å². The molecule has 0 saturated heterocycles. The number of nitrogens with one attached hydrogen (secondary N) is 1. The summed E-state index contributed by atoms with van der Waals surface area (Å²) in [4.78, 5) is 0. The van der Waals surface area contributed by atoms with Crippen LogP contribution in [0.25, 0.3) is 0 Å². The van der Waals surface area contributed by atoms with E-state index in [1.807, 2.05) is 41.5 Å². The van der Waals surface area contributed by atoms with E-state index in [0.29, 0.717) is 12.8 Å². The number of benzene rings is 2. The number of rotatable bonds is 10. The Labute approximate surface area is 223 Å². The Morgan fingerprint density at radius 2 is 1.19 bits per heavy atom. The zero-order chi connectivity index (χ0) is 27.6. The molecule has 0 amide bonds. The summed E-state index contributed by atoms with van der Waals surface area (Å²) in [6, 6.07) is 8.28. The van der Waals surface area contributed by atoms with Crippen molar-refractivity contribution in [1.82, 2.24) is 2.97 Å². The van der Waals surface area contributed by atoms with Crippen molar-refractivity contribution >= 4 is 37.1 Å². The predicted octanol–water partition coefficient (Wildman–Crippen LogP) is 6.29. The zero-order valence-corrected chi connectivity index (χ0v) is 26.1. The maximum atomic E-state index is 13.8. The molecule has 0 aromatic heterocycles. The molecular formula is C28H41F3NO2STe+. The molecule has 2 aromatic rings. The van der Waals surface area contributed by atoms with Gasteiger partial charge in [0.15, 0.2) is 0 Å². The molecule has 0 saturated carbocycles. The Bertz CT molecular complexity index is 1120. The van der Waals surface area contributed by atoms with Crippen LogP contribution in [0.4, 0.5) is 13.2 Å². The van der Waals surface area contributed by atoms with E-state index < -0.39 is 35.4 Å². The summed E-state index contributed by atoms with van der Waals surface area (Å²) in [5, 5.41) is 0. The van der Waals surface area contributed by atoms with Crippen LogP contribution < -0.4 is 10.2 Å². The van der Waals surface area contributed by atoms with Crippen molar-refractivity contribution < 1.29 is 21.6 Å². The number of halogens is 3. The average Bonchev–Trinajstić information content (AvgIpc) is 2.79. The van der Waals surface area contributed by atoms with E-state index in [4.69, 9.17) is 0 Å². The van der Waals surface area contributed by atoms with Crippen LogP contribution >= 0.6 is 0 Å². The molecule has 0 heterocycles. The second-order valence-electron chi connectivity index (χ2n) is 10.1. The Hall–Kier alpha value is -1.07. The Morgan fingerprint density at radius 3 is 1.50 bits per heavy atom. The topological polar surface area (TPSA) is 46.2 Å². The van der Waals surface area contributed by atoms with Crippen molar-refractivity contribution in [2.24, 2.45) is 0 Å². The van der Waals surface area contributed by atoms with Gasteiger partial charge in [0.2, 0.25) is 0 Å². The van der Waals surface area contributed by atoms with Crippen molar-refractivity contribution in [3.8, 4) is 0 Å². The molecule has 1 N–H and O–H groups in total. The van der Waals surface area contributed by atoms with Gasteiger partial charge in [-0.25, -0.2) is 0 Å². The van der Waals surface area contributed by atoms with Crippen LogP contribution in [-0.2, 0) is 29.3 Å². The molecule has 202 valence electrons. The number of hydrogen-bond acceptors (Lipinski definition) is 2. The molecule has 0 aliphatic heterocycles. The van der Waals surface area contributed by atoms with Crippen LogP contribution in [0, 0.1) is 0 Å². The molecule has 3 nitrogen and oxygen atoms in total. The molecule has 0 fully saturated rings. The number of alkyl halides is 3. The van der Waals surface area contributed by atoms with E-state index in [9.17, 15) is 21.6 Å². The van der Waals surface area contributed by atoms with Crippen LogP contribution in [0.1, 0.15) is 113 Å². The quantitative estimate of drug-likeness (QED) is 0.311. The third-order valence-corrected chi connectivity index (χ3v) is 15.9. The molecule has 0 radical (unpaired) electrons. The van der Waals surface area contributed by atoms with Gasteiger partial charge in [0.1, 0.15) is 0 Å². The zero-order valence-electron chi connectivity index (χ0n) is 22.9. The van der Waals surface area contributed by atoms with Gasteiger partial charge in [-0.3, -0.25) is 0 Å². The standard InChI is InChI=1S/C28H41F3NO2STe/c1-10-20-13-21(11-2)26(22(12-3)14-20)36(32-35(33,34)28(29,30)31)27-24(18(6)7)15-23(17(4)5)16-25(27)19(8)9/h13-19,32H,10-12H2,1-9H3/q+1. The number of hydrogen-bond donors (Lipinski definition) is 1. The van der Waals surface area contributed by atoms with Gasteiger partial charge in [0.25, 0.3) is 0 Å². The summed E-state index contributed by atoms with van der Waals surface area (Å²) in [5.41, 5.74) is 0.672. The van der Waals surface area contributed by atoms with E-state index in [-0.39, 0.29) is 17.8 Å². The Balaban J connectivity index is 3.11. The summed E-state index contributed by atoms with van der Waals surface area (Å²) in [7, 11) is -5.54. The molecule has 0 aliphatic carbocycles. The van der Waals surface area contributed by atoms with Crippen LogP contribution in [-0.4, -0.2) is 33.7 Å². The van der Waals surface area contributed by atoms with Crippen LogP contribution in [0.2, 0.25) is 0 Å². The summed E-state index contributed by atoms with van der Waals surface area (Å²) in [5.74, 6) is 0.297. The van der Waals surface area contributed by atoms with E-state index in [2.05, 4.69) is 48.0 Å². The van der Waals surface area contributed by atoms with Gasteiger partial charge in [-0.15, -0.1) is 0 Å². The normalized spacial score (nSPS) is 13.0. The van der Waals surface area contributed by atoms with Gasteiger partial charge in [0, 0.05) is 0 Å². The summed E-state index contributed by atoms with van der Waals surface area (Å²) in [6.07, 6.45) is 2.06. The molecule has 0 atom stereocenters. The first-order chi connectivity index (χ1) is 16.6. The van der Waals surface area contributed by atoms with Crippen molar-refractivity contribution in [2.75, 3.05) is 0 Å². The summed E-state index contributed by atoms with van der Waals surface area (Å²) >= 11 is -3.56. The molecule has 0 spiro atoms. The van der Waals surface area contributed by atoms with Gasteiger partial charge in [-0.05, 0) is 0 Å². The van der Waals surface area contributed by atoms with Crippen LogP contribution in [0.5, 0.6) is 0 Å². The van der Waals surface area contributed by atoms with Crippen molar-refractivity contribution in [2.45, 2.75) is 105 Å². The van der Waals surface area contributed by atoms with Gasteiger partial charge >= 0.3 is 224 Å². The number of aryl methyl sites for hydroxylation is 3.